The number of para-hydroxylation sites is 1. The van der Waals surface area contributed by atoms with Gasteiger partial charge in [0.2, 0.25) is 0 Å². The Bertz CT molecular complexity index is 562. The van der Waals surface area contributed by atoms with Crippen LogP contribution in [0, 0.1) is 10.1 Å². The fraction of sp³-hybridized carbons (Fsp3) is 0.462. The fourth-order valence-electron chi connectivity index (χ4n) is 1.94. The summed E-state index contributed by atoms with van der Waals surface area (Å²) in [7, 11) is -1.03. The summed E-state index contributed by atoms with van der Waals surface area (Å²) in [4.78, 5) is 22.7. The van der Waals surface area contributed by atoms with Crippen LogP contribution in [0.4, 0.5) is 11.4 Å². The Morgan fingerprint density at radius 2 is 2.14 bits per heavy atom. The van der Waals surface area contributed by atoms with Crippen molar-refractivity contribution in [1.29, 1.82) is 0 Å². The molecule has 1 amide bonds. The summed E-state index contributed by atoms with van der Waals surface area (Å²) in [5.74, 6) is -0.0930. The lowest BCUT2D eigenvalue weighted by Gasteiger charge is -2.15. The summed E-state index contributed by atoms with van der Waals surface area (Å²) in [6.45, 7) is 3.99. The molecular weight excluding hydrogens is 294 g/mol. The van der Waals surface area contributed by atoms with Gasteiger partial charge in [0.1, 0.15) is 5.69 Å². The van der Waals surface area contributed by atoms with Crippen molar-refractivity contribution in [2.45, 2.75) is 19.9 Å². The van der Waals surface area contributed by atoms with Gasteiger partial charge in [0.15, 0.2) is 0 Å². The van der Waals surface area contributed by atoms with E-state index in [0.717, 1.165) is 0 Å². The van der Waals surface area contributed by atoms with Gasteiger partial charge in [-0.2, -0.15) is 0 Å². The molecular formula is C13H19N3O4S. The second-order valence-electron chi connectivity index (χ2n) is 4.60. The SMILES string of the molecule is CCNc1c(C(=O)NC(C)CS(C)=O)cccc1[N+](=O)[O-]. The van der Waals surface area contributed by atoms with Crippen molar-refractivity contribution in [3.05, 3.63) is 33.9 Å². The van der Waals surface area contributed by atoms with Gasteiger partial charge in [-0.1, -0.05) is 6.07 Å². The molecule has 0 saturated carbocycles. The lowest BCUT2D eigenvalue weighted by Crippen LogP contribution is -2.36. The minimum Gasteiger partial charge on any atom is -0.379 e. The summed E-state index contributed by atoms with van der Waals surface area (Å²) in [5, 5.41) is 16.6. The topological polar surface area (TPSA) is 101 Å². The number of anilines is 1. The van der Waals surface area contributed by atoms with E-state index in [-0.39, 0.29) is 23.0 Å². The van der Waals surface area contributed by atoms with Crippen LogP contribution in [0.15, 0.2) is 18.2 Å². The van der Waals surface area contributed by atoms with Crippen LogP contribution in [-0.2, 0) is 10.8 Å². The number of rotatable bonds is 7. The van der Waals surface area contributed by atoms with Gasteiger partial charge < -0.3 is 10.6 Å². The number of carbonyl (C=O) groups excluding carboxylic acids is 1. The molecule has 21 heavy (non-hydrogen) atoms. The number of benzene rings is 1. The van der Waals surface area contributed by atoms with Gasteiger partial charge in [0.25, 0.3) is 11.6 Å². The van der Waals surface area contributed by atoms with Crippen LogP contribution in [0.5, 0.6) is 0 Å². The highest BCUT2D eigenvalue weighted by Crippen LogP contribution is 2.28. The quantitative estimate of drug-likeness (QED) is 0.587. The van der Waals surface area contributed by atoms with E-state index in [1.807, 2.05) is 0 Å². The van der Waals surface area contributed by atoms with E-state index in [2.05, 4.69) is 10.6 Å². The molecule has 1 aromatic carbocycles. The summed E-state index contributed by atoms with van der Waals surface area (Å²) < 4.78 is 11.1. The van der Waals surface area contributed by atoms with Gasteiger partial charge >= 0.3 is 0 Å². The van der Waals surface area contributed by atoms with E-state index >= 15 is 0 Å². The first-order chi connectivity index (χ1) is 9.86. The lowest BCUT2D eigenvalue weighted by molar-refractivity contribution is -0.384. The molecule has 1 rings (SSSR count). The van der Waals surface area contributed by atoms with Gasteiger partial charge in [-0.25, -0.2) is 0 Å². The number of hydrogen-bond donors (Lipinski definition) is 2. The van der Waals surface area contributed by atoms with Crippen molar-refractivity contribution in [3.63, 3.8) is 0 Å². The van der Waals surface area contributed by atoms with Gasteiger partial charge in [-0.05, 0) is 19.9 Å². The summed E-state index contributed by atoms with van der Waals surface area (Å²) >= 11 is 0. The van der Waals surface area contributed by atoms with Crippen molar-refractivity contribution in [2.75, 3.05) is 23.9 Å². The van der Waals surface area contributed by atoms with E-state index in [9.17, 15) is 19.1 Å². The van der Waals surface area contributed by atoms with Crippen LogP contribution < -0.4 is 10.6 Å². The fourth-order valence-corrected chi connectivity index (χ4v) is 2.73. The second-order valence-corrected chi connectivity index (χ2v) is 6.08. The molecule has 0 heterocycles. The third-order valence-electron chi connectivity index (χ3n) is 2.70. The van der Waals surface area contributed by atoms with Gasteiger partial charge in [0.05, 0.1) is 10.5 Å². The predicted molar refractivity (Wildman–Crippen MR) is 83.1 cm³/mol. The molecule has 0 fully saturated rings. The van der Waals surface area contributed by atoms with Gasteiger partial charge in [-0.3, -0.25) is 19.1 Å². The predicted octanol–water partition coefficient (Wildman–Crippen LogP) is 1.52. The summed E-state index contributed by atoms with van der Waals surface area (Å²) in [5.41, 5.74) is 0.267. The molecule has 0 aromatic heterocycles. The van der Waals surface area contributed by atoms with Crippen LogP contribution in [0.1, 0.15) is 24.2 Å². The van der Waals surface area contributed by atoms with Crippen molar-refractivity contribution in [3.8, 4) is 0 Å². The normalized spacial score (nSPS) is 13.3. The number of nitro benzene ring substituents is 1. The van der Waals surface area contributed by atoms with E-state index in [4.69, 9.17) is 0 Å². The highest BCUT2D eigenvalue weighted by atomic mass is 32.2. The van der Waals surface area contributed by atoms with Crippen LogP contribution in [0.2, 0.25) is 0 Å². The molecule has 0 aliphatic rings. The zero-order valence-corrected chi connectivity index (χ0v) is 13.0. The molecule has 0 aliphatic carbocycles. The first-order valence-electron chi connectivity index (χ1n) is 6.49. The molecule has 0 saturated heterocycles. The Labute approximate surface area is 125 Å². The largest absolute Gasteiger partial charge is 0.379 e. The standard InChI is InChI=1S/C13H19N3O4S/c1-4-14-12-10(6-5-7-11(12)16(18)19)13(17)15-9(2)8-21(3)20/h5-7,9,14H,4,8H2,1-3H3,(H,15,17). The lowest BCUT2D eigenvalue weighted by atomic mass is 10.1. The molecule has 2 atom stereocenters. The van der Waals surface area contributed by atoms with E-state index in [1.54, 1.807) is 20.1 Å². The minimum atomic E-state index is -1.03. The maximum absolute atomic E-state index is 12.2. The monoisotopic (exact) mass is 313 g/mol. The number of carbonyl (C=O) groups is 1. The third-order valence-corrected chi connectivity index (χ3v) is 3.67. The molecule has 0 aliphatic heterocycles. The Balaban J connectivity index is 3.05. The van der Waals surface area contributed by atoms with Crippen LogP contribution in [-0.4, -0.2) is 39.6 Å². The van der Waals surface area contributed by atoms with Crippen LogP contribution in [0.25, 0.3) is 0 Å². The zero-order chi connectivity index (χ0) is 16.0. The molecule has 2 unspecified atom stereocenters. The molecule has 0 spiro atoms. The molecule has 1 aromatic rings. The minimum absolute atomic E-state index is 0.142. The number of amides is 1. The molecule has 0 bridgehead atoms. The number of hydrogen-bond acceptors (Lipinski definition) is 5. The van der Waals surface area contributed by atoms with Crippen molar-refractivity contribution >= 4 is 28.1 Å². The van der Waals surface area contributed by atoms with E-state index in [0.29, 0.717) is 12.3 Å². The Hall–Kier alpha value is -1.96. The number of nitrogens with zero attached hydrogens (tertiary/aromatic N) is 1. The first-order valence-corrected chi connectivity index (χ1v) is 8.21. The zero-order valence-electron chi connectivity index (χ0n) is 12.2. The first kappa shape index (κ1) is 17.1. The van der Waals surface area contributed by atoms with Gasteiger partial charge in [-0.15, -0.1) is 0 Å². The number of nitro groups is 1. The Kier molecular flexibility index (Phi) is 6.29. The van der Waals surface area contributed by atoms with Crippen molar-refractivity contribution in [1.82, 2.24) is 5.32 Å². The third kappa shape index (κ3) is 4.82. The van der Waals surface area contributed by atoms with E-state index in [1.165, 1.54) is 18.2 Å². The highest BCUT2D eigenvalue weighted by Gasteiger charge is 2.22. The van der Waals surface area contributed by atoms with Crippen molar-refractivity contribution < 1.29 is 13.9 Å². The maximum Gasteiger partial charge on any atom is 0.293 e. The molecule has 7 nitrogen and oxygen atoms in total. The molecule has 2 N–H and O–H groups in total. The van der Waals surface area contributed by atoms with Crippen molar-refractivity contribution in [2.24, 2.45) is 0 Å². The average Bonchev–Trinajstić information content (AvgIpc) is 2.37. The average molecular weight is 313 g/mol. The molecule has 8 heteroatoms. The number of nitrogens with one attached hydrogen (secondary N) is 2. The summed E-state index contributed by atoms with van der Waals surface area (Å²) in [6.07, 6.45) is 1.56. The summed E-state index contributed by atoms with van der Waals surface area (Å²) in [6, 6.07) is 4.06. The van der Waals surface area contributed by atoms with Crippen LogP contribution >= 0.6 is 0 Å². The van der Waals surface area contributed by atoms with Gasteiger partial charge in [0, 0.05) is 41.5 Å². The Morgan fingerprint density at radius 3 is 2.67 bits per heavy atom. The highest BCUT2D eigenvalue weighted by molar-refractivity contribution is 7.84. The second kappa shape index (κ2) is 7.72. The molecule has 0 radical (unpaired) electrons. The van der Waals surface area contributed by atoms with Crippen LogP contribution in [0.3, 0.4) is 0 Å². The molecule has 116 valence electrons. The Morgan fingerprint density at radius 1 is 1.48 bits per heavy atom. The van der Waals surface area contributed by atoms with E-state index < -0.39 is 21.6 Å². The maximum atomic E-state index is 12.2. The smallest absolute Gasteiger partial charge is 0.293 e.